The maximum atomic E-state index is 11.3. The first-order valence-electron chi connectivity index (χ1n) is 8.67. The molecule has 1 aliphatic carbocycles. The Labute approximate surface area is 138 Å². The van der Waals surface area contributed by atoms with Crippen molar-refractivity contribution < 1.29 is 14.6 Å². The summed E-state index contributed by atoms with van der Waals surface area (Å²) in [5.41, 5.74) is 6.25. The third-order valence-electron chi connectivity index (χ3n) is 4.61. The topological polar surface area (TPSA) is 90.4 Å². The molecule has 6 nitrogen and oxygen atoms in total. The molecule has 1 heterocycles. The third-order valence-corrected chi connectivity index (χ3v) is 4.61. The molecule has 0 amide bonds. The lowest BCUT2D eigenvalue weighted by molar-refractivity contribution is -0.153. The Morgan fingerprint density at radius 3 is 2.87 bits per heavy atom. The molecule has 6 heteroatoms. The fraction of sp³-hybridized carbons (Fsp3) is 0.765. The number of aromatic nitrogens is 2. The summed E-state index contributed by atoms with van der Waals surface area (Å²) < 4.78 is 7.52. The van der Waals surface area contributed by atoms with Crippen molar-refractivity contribution in [2.24, 2.45) is 11.7 Å². The van der Waals surface area contributed by atoms with Gasteiger partial charge in [-0.3, -0.25) is 0 Å². The average molecular weight is 323 g/mol. The number of aryl methyl sites for hydroxylation is 1. The van der Waals surface area contributed by atoms with Crippen LogP contribution in [0.1, 0.15) is 51.1 Å². The first-order chi connectivity index (χ1) is 11.1. The SMILES string of the molecule is C[C@H](CN)O[C@@H](Cc1cn(CCC2CCCCC2)cn1)C(=O)O. The molecule has 1 saturated carbocycles. The lowest BCUT2D eigenvalue weighted by atomic mass is 9.87. The molecule has 2 rings (SSSR count). The highest BCUT2D eigenvalue weighted by Gasteiger charge is 2.22. The first-order valence-corrected chi connectivity index (χ1v) is 8.67. The summed E-state index contributed by atoms with van der Waals surface area (Å²) in [7, 11) is 0. The van der Waals surface area contributed by atoms with E-state index in [0.717, 1.165) is 18.2 Å². The minimum absolute atomic E-state index is 0.274. The maximum absolute atomic E-state index is 11.3. The summed E-state index contributed by atoms with van der Waals surface area (Å²) in [5, 5.41) is 9.26. The third kappa shape index (κ3) is 5.95. The van der Waals surface area contributed by atoms with E-state index in [2.05, 4.69) is 9.55 Å². The second kappa shape index (κ2) is 9.03. The predicted octanol–water partition coefficient (Wildman–Crippen LogP) is 2.21. The number of ether oxygens (including phenoxy) is 1. The van der Waals surface area contributed by atoms with Gasteiger partial charge in [0.2, 0.25) is 0 Å². The van der Waals surface area contributed by atoms with Gasteiger partial charge < -0.3 is 20.1 Å². The molecule has 1 aromatic rings. The summed E-state index contributed by atoms with van der Waals surface area (Å²) in [6, 6.07) is 0. The van der Waals surface area contributed by atoms with E-state index in [1.165, 1.54) is 38.5 Å². The number of aliphatic carboxylic acids is 1. The highest BCUT2D eigenvalue weighted by atomic mass is 16.5. The number of carboxylic acid groups (broad SMARTS) is 1. The molecule has 1 fully saturated rings. The molecular weight excluding hydrogens is 294 g/mol. The Balaban J connectivity index is 1.83. The molecular formula is C17H29N3O3. The Kier molecular flexibility index (Phi) is 7.05. The fourth-order valence-corrected chi connectivity index (χ4v) is 3.16. The second-order valence-corrected chi connectivity index (χ2v) is 6.61. The second-order valence-electron chi connectivity index (χ2n) is 6.61. The van der Waals surface area contributed by atoms with Gasteiger partial charge in [0.1, 0.15) is 0 Å². The van der Waals surface area contributed by atoms with Gasteiger partial charge in [-0.1, -0.05) is 32.1 Å². The van der Waals surface area contributed by atoms with Gasteiger partial charge in [0.25, 0.3) is 0 Å². The van der Waals surface area contributed by atoms with E-state index >= 15 is 0 Å². The zero-order chi connectivity index (χ0) is 16.7. The van der Waals surface area contributed by atoms with Crippen LogP contribution in [-0.2, 0) is 22.5 Å². The normalized spacial score (nSPS) is 18.7. The summed E-state index contributed by atoms with van der Waals surface area (Å²) in [5.74, 6) is -0.142. The van der Waals surface area contributed by atoms with Crippen LogP contribution in [0.4, 0.5) is 0 Å². The van der Waals surface area contributed by atoms with Crippen molar-refractivity contribution in [1.29, 1.82) is 0 Å². The largest absolute Gasteiger partial charge is 0.479 e. The summed E-state index contributed by atoms with van der Waals surface area (Å²) in [4.78, 5) is 15.6. The van der Waals surface area contributed by atoms with E-state index in [4.69, 9.17) is 10.5 Å². The van der Waals surface area contributed by atoms with Gasteiger partial charge in [0.05, 0.1) is 18.1 Å². The summed E-state index contributed by atoms with van der Waals surface area (Å²) in [6.07, 6.45) is 10.8. The minimum atomic E-state index is -0.970. The lowest BCUT2D eigenvalue weighted by Gasteiger charge is -2.21. The van der Waals surface area contributed by atoms with Gasteiger partial charge in [-0.25, -0.2) is 9.78 Å². The molecule has 23 heavy (non-hydrogen) atoms. The van der Waals surface area contributed by atoms with E-state index < -0.39 is 12.1 Å². The van der Waals surface area contributed by atoms with Crippen molar-refractivity contribution in [2.45, 2.75) is 70.6 Å². The van der Waals surface area contributed by atoms with E-state index in [0.29, 0.717) is 6.54 Å². The van der Waals surface area contributed by atoms with Crippen LogP contribution in [-0.4, -0.2) is 39.4 Å². The number of nitrogens with zero attached hydrogens (tertiary/aromatic N) is 2. The monoisotopic (exact) mass is 323 g/mol. The Morgan fingerprint density at radius 1 is 1.48 bits per heavy atom. The van der Waals surface area contributed by atoms with Gasteiger partial charge in [0, 0.05) is 25.7 Å². The number of carbonyl (C=O) groups is 1. The van der Waals surface area contributed by atoms with Crippen LogP contribution in [0.2, 0.25) is 0 Å². The highest BCUT2D eigenvalue weighted by molar-refractivity contribution is 5.72. The minimum Gasteiger partial charge on any atom is -0.479 e. The molecule has 130 valence electrons. The van der Waals surface area contributed by atoms with Crippen LogP contribution in [0.3, 0.4) is 0 Å². The van der Waals surface area contributed by atoms with Crippen LogP contribution in [0.15, 0.2) is 12.5 Å². The molecule has 0 radical (unpaired) electrons. The van der Waals surface area contributed by atoms with Gasteiger partial charge in [-0.05, 0) is 19.3 Å². The van der Waals surface area contributed by atoms with Crippen LogP contribution < -0.4 is 5.73 Å². The van der Waals surface area contributed by atoms with Crippen molar-refractivity contribution in [2.75, 3.05) is 6.54 Å². The Hall–Kier alpha value is -1.40. The zero-order valence-electron chi connectivity index (χ0n) is 14.0. The molecule has 1 aliphatic rings. The molecule has 3 N–H and O–H groups in total. The summed E-state index contributed by atoms with van der Waals surface area (Å²) in [6.45, 7) is 3.04. The smallest absolute Gasteiger partial charge is 0.333 e. The lowest BCUT2D eigenvalue weighted by Crippen LogP contribution is -2.33. The van der Waals surface area contributed by atoms with Crippen molar-refractivity contribution in [3.63, 3.8) is 0 Å². The molecule has 0 spiro atoms. The number of carboxylic acids is 1. The summed E-state index contributed by atoms with van der Waals surface area (Å²) >= 11 is 0. The van der Waals surface area contributed by atoms with Crippen molar-refractivity contribution >= 4 is 5.97 Å². The van der Waals surface area contributed by atoms with Gasteiger partial charge >= 0.3 is 5.97 Å². The molecule has 0 saturated heterocycles. The fourth-order valence-electron chi connectivity index (χ4n) is 3.16. The average Bonchev–Trinajstić information content (AvgIpc) is 3.00. The van der Waals surface area contributed by atoms with E-state index in [1.807, 2.05) is 6.20 Å². The van der Waals surface area contributed by atoms with Gasteiger partial charge in [-0.2, -0.15) is 0 Å². The number of imidazole rings is 1. The van der Waals surface area contributed by atoms with Crippen molar-refractivity contribution in [1.82, 2.24) is 9.55 Å². The molecule has 0 unspecified atom stereocenters. The number of hydrogen-bond acceptors (Lipinski definition) is 4. The van der Waals surface area contributed by atoms with E-state index in [-0.39, 0.29) is 12.5 Å². The quantitative estimate of drug-likeness (QED) is 0.727. The molecule has 0 bridgehead atoms. The number of nitrogens with two attached hydrogens (primary N) is 1. The van der Waals surface area contributed by atoms with Gasteiger partial charge in [0.15, 0.2) is 6.10 Å². The van der Waals surface area contributed by atoms with Gasteiger partial charge in [-0.15, -0.1) is 0 Å². The maximum Gasteiger partial charge on any atom is 0.333 e. The van der Waals surface area contributed by atoms with Crippen LogP contribution in [0.5, 0.6) is 0 Å². The van der Waals surface area contributed by atoms with E-state index in [1.54, 1.807) is 13.3 Å². The molecule has 0 aliphatic heterocycles. The Bertz CT molecular complexity index is 483. The number of rotatable bonds is 9. The van der Waals surface area contributed by atoms with E-state index in [9.17, 15) is 9.90 Å². The van der Waals surface area contributed by atoms with Crippen molar-refractivity contribution in [3.05, 3.63) is 18.2 Å². The number of hydrogen-bond donors (Lipinski definition) is 2. The molecule has 1 aromatic heterocycles. The standard InChI is InChI=1S/C17H29N3O3/c1-13(10-18)23-16(17(21)22)9-15-11-20(12-19-15)8-7-14-5-3-2-4-6-14/h11-14,16H,2-10,18H2,1H3,(H,21,22)/t13-,16+/m1/s1. The van der Waals surface area contributed by atoms with Crippen molar-refractivity contribution in [3.8, 4) is 0 Å². The first kappa shape index (κ1) is 17.9. The Morgan fingerprint density at radius 2 is 2.22 bits per heavy atom. The van der Waals surface area contributed by atoms with Crippen LogP contribution in [0, 0.1) is 5.92 Å². The predicted molar refractivity (Wildman–Crippen MR) is 88.1 cm³/mol. The van der Waals surface area contributed by atoms with Crippen LogP contribution >= 0.6 is 0 Å². The molecule has 0 aromatic carbocycles. The molecule has 2 atom stereocenters. The zero-order valence-corrected chi connectivity index (χ0v) is 14.0. The highest BCUT2D eigenvalue weighted by Crippen LogP contribution is 2.26. The van der Waals surface area contributed by atoms with Crippen LogP contribution in [0.25, 0.3) is 0 Å².